The van der Waals surface area contributed by atoms with Crippen molar-refractivity contribution in [2.24, 2.45) is 5.92 Å². The van der Waals surface area contributed by atoms with Crippen molar-refractivity contribution in [3.63, 3.8) is 0 Å². The lowest BCUT2D eigenvalue weighted by Crippen LogP contribution is -2.28. The number of anilines is 2. The van der Waals surface area contributed by atoms with Crippen molar-refractivity contribution in [2.45, 2.75) is 13.3 Å². The maximum atomic E-state index is 12.7. The zero-order chi connectivity index (χ0) is 21.8. The quantitative estimate of drug-likeness (QED) is 0.628. The second-order valence-corrected chi connectivity index (χ2v) is 7.51. The van der Waals surface area contributed by atoms with Crippen molar-refractivity contribution in [3.8, 4) is 17.2 Å². The van der Waals surface area contributed by atoms with Crippen LogP contribution in [0.4, 0.5) is 11.4 Å². The molecule has 1 N–H and O–H groups in total. The molecule has 0 unspecified atom stereocenters. The third-order valence-electron chi connectivity index (χ3n) is 5.25. The van der Waals surface area contributed by atoms with E-state index in [0.717, 1.165) is 5.75 Å². The molecule has 0 bridgehead atoms. The van der Waals surface area contributed by atoms with Gasteiger partial charge in [0.15, 0.2) is 0 Å². The Hall–Kier alpha value is -3.80. The van der Waals surface area contributed by atoms with Gasteiger partial charge in [-0.25, -0.2) is 0 Å². The number of amides is 2. The van der Waals surface area contributed by atoms with Crippen LogP contribution in [0, 0.1) is 12.8 Å². The largest absolute Gasteiger partial charge is 0.495 e. The smallest absolute Gasteiger partial charge is 0.229 e. The molecule has 2 amide bonds. The molecular weight excluding hydrogens is 392 g/mol. The van der Waals surface area contributed by atoms with Crippen molar-refractivity contribution in [1.82, 2.24) is 0 Å². The third-order valence-corrected chi connectivity index (χ3v) is 5.25. The van der Waals surface area contributed by atoms with Crippen LogP contribution in [0.2, 0.25) is 0 Å². The first kappa shape index (κ1) is 20.5. The molecule has 6 nitrogen and oxygen atoms in total. The second kappa shape index (κ2) is 8.92. The highest BCUT2D eigenvalue weighted by atomic mass is 16.5. The molecule has 0 saturated carbocycles. The maximum absolute atomic E-state index is 12.7. The Morgan fingerprint density at radius 3 is 2.29 bits per heavy atom. The molecule has 158 valence electrons. The van der Waals surface area contributed by atoms with Crippen LogP contribution in [0.15, 0.2) is 72.8 Å². The molecule has 1 atom stereocenters. The van der Waals surface area contributed by atoms with Crippen molar-refractivity contribution in [1.29, 1.82) is 0 Å². The van der Waals surface area contributed by atoms with E-state index >= 15 is 0 Å². The molecule has 0 spiro atoms. The predicted molar refractivity (Wildman–Crippen MR) is 120 cm³/mol. The standard InChI is InChI=1S/C25H24N2O4/c1-17-7-11-20(12-8-17)31-21-13-9-19(10-14-21)26-25(29)18-15-24(28)27(16-18)22-5-3-4-6-23(22)30-2/h3-14,18H,15-16H2,1-2H3,(H,26,29)/t18-/m1/s1. The van der Waals surface area contributed by atoms with Gasteiger partial charge >= 0.3 is 0 Å². The van der Waals surface area contributed by atoms with Gasteiger partial charge in [0.1, 0.15) is 17.2 Å². The Morgan fingerprint density at radius 2 is 1.61 bits per heavy atom. The van der Waals surface area contributed by atoms with Crippen LogP contribution in [0.5, 0.6) is 17.2 Å². The Labute approximate surface area is 181 Å². The average Bonchev–Trinajstić information content (AvgIpc) is 3.18. The Bertz CT molecular complexity index is 1080. The zero-order valence-corrected chi connectivity index (χ0v) is 17.5. The number of rotatable bonds is 6. The van der Waals surface area contributed by atoms with E-state index in [1.165, 1.54) is 5.56 Å². The van der Waals surface area contributed by atoms with Gasteiger partial charge in [-0.1, -0.05) is 29.8 Å². The monoisotopic (exact) mass is 416 g/mol. The van der Waals surface area contributed by atoms with Crippen molar-refractivity contribution >= 4 is 23.2 Å². The van der Waals surface area contributed by atoms with E-state index in [4.69, 9.17) is 9.47 Å². The summed E-state index contributed by atoms with van der Waals surface area (Å²) in [5.41, 5.74) is 2.51. The molecule has 31 heavy (non-hydrogen) atoms. The SMILES string of the molecule is COc1ccccc1N1C[C@H](C(=O)Nc2ccc(Oc3ccc(C)cc3)cc2)CC1=O. The van der Waals surface area contributed by atoms with E-state index in [-0.39, 0.29) is 18.2 Å². The summed E-state index contributed by atoms with van der Waals surface area (Å²) in [5, 5.41) is 2.90. The molecule has 4 rings (SSSR count). The van der Waals surface area contributed by atoms with Gasteiger partial charge in [-0.3, -0.25) is 9.59 Å². The number of nitrogens with zero attached hydrogens (tertiary/aromatic N) is 1. The predicted octanol–water partition coefficient (Wildman–Crippen LogP) is 4.79. The van der Waals surface area contributed by atoms with Gasteiger partial charge in [0.2, 0.25) is 11.8 Å². The fourth-order valence-corrected chi connectivity index (χ4v) is 3.56. The van der Waals surface area contributed by atoms with E-state index in [0.29, 0.717) is 29.4 Å². The van der Waals surface area contributed by atoms with Crippen LogP contribution >= 0.6 is 0 Å². The van der Waals surface area contributed by atoms with Crippen LogP contribution < -0.4 is 19.7 Å². The normalized spacial score (nSPS) is 15.6. The molecule has 1 aliphatic heterocycles. The van der Waals surface area contributed by atoms with Gasteiger partial charge in [0.05, 0.1) is 18.7 Å². The van der Waals surface area contributed by atoms with Gasteiger partial charge in [-0.15, -0.1) is 0 Å². The fraction of sp³-hybridized carbons (Fsp3) is 0.200. The van der Waals surface area contributed by atoms with E-state index in [2.05, 4.69) is 5.32 Å². The molecule has 1 aliphatic rings. The number of hydrogen-bond acceptors (Lipinski definition) is 4. The van der Waals surface area contributed by atoms with Crippen LogP contribution in [0.25, 0.3) is 0 Å². The van der Waals surface area contributed by atoms with E-state index in [9.17, 15) is 9.59 Å². The summed E-state index contributed by atoms with van der Waals surface area (Å²) in [6.07, 6.45) is 0.165. The van der Waals surface area contributed by atoms with Crippen molar-refractivity contribution < 1.29 is 19.1 Å². The van der Waals surface area contributed by atoms with Crippen LogP contribution in [0.1, 0.15) is 12.0 Å². The van der Waals surface area contributed by atoms with Gasteiger partial charge in [0, 0.05) is 18.7 Å². The van der Waals surface area contributed by atoms with E-state index in [1.54, 1.807) is 42.3 Å². The van der Waals surface area contributed by atoms with Crippen LogP contribution in [-0.4, -0.2) is 25.5 Å². The number of para-hydroxylation sites is 2. The number of carbonyl (C=O) groups is 2. The first-order valence-electron chi connectivity index (χ1n) is 10.1. The van der Waals surface area contributed by atoms with E-state index < -0.39 is 5.92 Å². The summed E-state index contributed by atoms with van der Waals surface area (Å²) < 4.78 is 11.2. The Balaban J connectivity index is 1.38. The molecule has 1 fully saturated rings. The van der Waals surface area contributed by atoms with Gasteiger partial charge < -0.3 is 19.7 Å². The number of carbonyl (C=O) groups excluding carboxylic acids is 2. The summed E-state index contributed by atoms with van der Waals surface area (Å²) in [7, 11) is 1.57. The third kappa shape index (κ3) is 4.69. The minimum Gasteiger partial charge on any atom is -0.495 e. The number of nitrogens with one attached hydrogen (secondary N) is 1. The number of methoxy groups -OCH3 is 1. The molecule has 3 aromatic rings. The summed E-state index contributed by atoms with van der Waals surface area (Å²) >= 11 is 0. The molecular formula is C25H24N2O4. The summed E-state index contributed by atoms with van der Waals surface area (Å²) in [5.74, 6) is 1.34. The van der Waals surface area contributed by atoms with Crippen molar-refractivity contribution in [3.05, 3.63) is 78.4 Å². The number of benzene rings is 3. The fourth-order valence-electron chi connectivity index (χ4n) is 3.56. The summed E-state index contributed by atoms with van der Waals surface area (Å²) in [6, 6.07) is 22.3. The highest BCUT2D eigenvalue weighted by Crippen LogP contribution is 2.33. The first-order valence-corrected chi connectivity index (χ1v) is 10.1. The number of hydrogen-bond donors (Lipinski definition) is 1. The number of aryl methyl sites for hydroxylation is 1. The van der Waals surface area contributed by atoms with Crippen LogP contribution in [-0.2, 0) is 9.59 Å². The molecule has 0 aromatic heterocycles. The highest BCUT2D eigenvalue weighted by molar-refractivity contribution is 6.04. The van der Waals surface area contributed by atoms with Gasteiger partial charge in [-0.2, -0.15) is 0 Å². The van der Waals surface area contributed by atoms with Crippen molar-refractivity contribution in [2.75, 3.05) is 23.9 Å². The molecule has 6 heteroatoms. The van der Waals surface area contributed by atoms with Gasteiger partial charge in [0.25, 0.3) is 0 Å². The van der Waals surface area contributed by atoms with E-state index in [1.807, 2.05) is 49.4 Å². The minimum absolute atomic E-state index is 0.0912. The zero-order valence-electron chi connectivity index (χ0n) is 17.5. The lowest BCUT2D eigenvalue weighted by atomic mass is 10.1. The molecule has 1 heterocycles. The maximum Gasteiger partial charge on any atom is 0.229 e. The average molecular weight is 416 g/mol. The highest BCUT2D eigenvalue weighted by Gasteiger charge is 2.36. The lowest BCUT2D eigenvalue weighted by molar-refractivity contribution is -0.122. The lowest BCUT2D eigenvalue weighted by Gasteiger charge is -2.19. The molecule has 1 saturated heterocycles. The Morgan fingerprint density at radius 1 is 0.968 bits per heavy atom. The molecule has 0 aliphatic carbocycles. The number of ether oxygens (including phenoxy) is 2. The van der Waals surface area contributed by atoms with Crippen LogP contribution in [0.3, 0.4) is 0 Å². The first-order chi connectivity index (χ1) is 15.0. The van der Waals surface area contributed by atoms with Gasteiger partial charge in [-0.05, 0) is 55.5 Å². The second-order valence-electron chi connectivity index (χ2n) is 7.51. The topological polar surface area (TPSA) is 67.9 Å². The Kier molecular flexibility index (Phi) is 5.89. The minimum atomic E-state index is -0.430. The molecule has 3 aromatic carbocycles. The summed E-state index contributed by atoms with van der Waals surface area (Å²) in [4.78, 5) is 26.9. The molecule has 0 radical (unpaired) electrons. The summed E-state index contributed by atoms with van der Waals surface area (Å²) in [6.45, 7) is 2.34.